The maximum Gasteiger partial charge on any atom is 0.235 e. The highest BCUT2D eigenvalue weighted by atomic mass is 19.1. The number of nitrogens with zero attached hydrogens (tertiary/aromatic N) is 2. The van der Waals surface area contributed by atoms with Gasteiger partial charge in [0.25, 0.3) is 0 Å². The number of carbonyl (C=O) groups is 1. The molecule has 6 unspecified atom stereocenters. The van der Waals surface area contributed by atoms with Crippen molar-refractivity contribution < 1.29 is 9.18 Å². The third-order valence-corrected chi connectivity index (χ3v) is 7.44. The van der Waals surface area contributed by atoms with Crippen LogP contribution in [0.5, 0.6) is 0 Å². The molecule has 2 bridgehead atoms. The summed E-state index contributed by atoms with van der Waals surface area (Å²) in [7, 11) is 2.05. The predicted octanol–water partition coefficient (Wildman–Crippen LogP) is 0.277. The van der Waals surface area contributed by atoms with Crippen molar-refractivity contribution in [2.24, 2.45) is 28.0 Å². The number of rotatable bonds is 3. The van der Waals surface area contributed by atoms with Gasteiger partial charge in [0.2, 0.25) is 5.91 Å². The van der Waals surface area contributed by atoms with E-state index in [4.69, 9.17) is 5.73 Å². The lowest BCUT2D eigenvalue weighted by atomic mass is 9.76. The van der Waals surface area contributed by atoms with Crippen LogP contribution in [0.15, 0.2) is 16.3 Å². The summed E-state index contributed by atoms with van der Waals surface area (Å²) in [6.07, 6.45) is 0.308. The van der Waals surface area contributed by atoms with Gasteiger partial charge in [-0.05, 0) is 43.7 Å². The Morgan fingerprint density at radius 1 is 1.39 bits per heavy atom. The first kappa shape index (κ1) is 22.8. The van der Waals surface area contributed by atoms with E-state index < -0.39 is 18.3 Å². The Balaban J connectivity index is 1.60. The van der Waals surface area contributed by atoms with Crippen LogP contribution in [-0.2, 0) is 4.79 Å². The minimum Gasteiger partial charge on any atom is -0.328 e. The lowest BCUT2D eigenvalue weighted by Gasteiger charge is -2.35. The number of fused-ring (bicyclic) bond motifs is 3. The largest absolute Gasteiger partial charge is 0.328 e. The van der Waals surface area contributed by atoms with E-state index in [0.717, 1.165) is 25.2 Å². The number of alkyl halides is 1. The van der Waals surface area contributed by atoms with Crippen LogP contribution in [0.3, 0.4) is 0 Å². The van der Waals surface area contributed by atoms with Crippen molar-refractivity contribution >= 4 is 11.6 Å². The number of nitrogens with two attached hydrogens (primary N) is 1. The summed E-state index contributed by atoms with van der Waals surface area (Å²) in [5.74, 6) is -0.392. The van der Waals surface area contributed by atoms with Crippen molar-refractivity contribution in [1.82, 2.24) is 26.4 Å². The molecule has 6 atom stereocenters. The van der Waals surface area contributed by atoms with Crippen LogP contribution < -0.4 is 27.1 Å². The number of hydrazine groups is 1. The van der Waals surface area contributed by atoms with Crippen LogP contribution in [0.1, 0.15) is 40.0 Å². The van der Waals surface area contributed by atoms with Gasteiger partial charge in [-0.3, -0.25) is 20.5 Å². The average molecular weight is 436 g/mol. The van der Waals surface area contributed by atoms with E-state index in [2.05, 4.69) is 52.1 Å². The second-order valence-corrected chi connectivity index (χ2v) is 10.4. The standard InChI is InChI=1S/C22H38FN7O/c1-12-15(11-30(4)29-12)14-5-6-25-10-17(14)27-21(31)19-16-8-22(2,3)18(28-20(19)24)7-13(23)9-26-16/h12-13,15,18-20,25,28-29H,5-11,24H2,1-4H3,(H,27,31). The molecule has 8 nitrogen and oxygen atoms in total. The first-order chi connectivity index (χ1) is 14.7. The lowest BCUT2D eigenvalue weighted by Crippen LogP contribution is -2.55. The quantitative estimate of drug-likeness (QED) is 0.436. The second-order valence-electron chi connectivity index (χ2n) is 10.4. The Labute approximate surface area is 184 Å². The highest BCUT2D eigenvalue weighted by Gasteiger charge is 2.45. The number of aliphatic imine (C=N–C) groups is 1. The summed E-state index contributed by atoms with van der Waals surface area (Å²) in [6.45, 7) is 8.95. The van der Waals surface area contributed by atoms with Gasteiger partial charge in [-0.15, -0.1) is 0 Å². The zero-order valence-electron chi connectivity index (χ0n) is 19.2. The van der Waals surface area contributed by atoms with Crippen molar-refractivity contribution in [1.29, 1.82) is 0 Å². The van der Waals surface area contributed by atoms with E-state index >= 15 is 0 Å². The molecule has 9 heteroatoms. The monoisotopic (exact) mass is 435 g/mol. The Hall–Kier alpha value is -1.39. The molecule has 0 aliphatic carbocycles. The molecule has 0 radical (unpaired) electrons. The Morgan fingerprint density at radius 3 is 2.87 bits per heavy atom. The first-order valence-corrected chi connectivity index (χ1v) is 11.6. The Bertz CT molecular complexity index is 767. The fourth-order valence-electron chi connectivity index (χ4n) is 5.68. The third-order valence-electron chi connectivity index (χ3n) is 7.44. The molecule has 0 saturated carbocycles. The fraction of sp³-hybridized carbons (Fsp3) is 0.818. The second kappa shape index (κ2) is 8.86. The van der Waals surface area contributed by atoms with Crippen LogP contribution in [0.2, 0.25) is 0 Å². The molecule has 4 aliphatic heterocycles. The van der Waals surface area contributed by atoms with Gasteiger partial charge in [0.1, 0.15) is 12.1 Å². The number of nitrogens with one attached hydrogen (secondary N) is 4. The minimum atomic E-state index is -1.02. The van der Waals surface area contributed by atoms with E-state index in [0.29, 0.717) is 37.1 Å². The molecular weight excluding hydrogens is 397 g/mol. The SMILES string of the molecule is CC1NN(C)CC1C1=C(NC(=O)C2C3=NCC(F)CC(NC2N)C(C)(C)C3)CNCC1. The van der Waals surface area contributed by atoms with Gasteiger partial charge in [0.15, 0.2) is 0 Å². The zero-order valence-corrected chi connectivity index (χ0v) is 19.2. The Morgan fingerprint density at radius 2 is 2.16 bits per heavy atom. The molecule has 6 N–H and O–H groups in total. The smallest absolute Gasteiger partial charge is 0.235 e. The van der Waals surface area contributed by atoms with Gasteiger partial charge in [0, 0.05) is 49.5 Å². The normalized spacial score (nSPS) is 39.0. The average Bonchev–Trinajstić information content (AvgIpc) is 3.00. The van der Waals surface area contributed by atoms with E-state index in [9.17, 15) is 9.18 Å². The third kappa shape index (κ3) is 4.71. The molecular formula is C22H38FN7O. The summed E-state index contributed by atoms with van der Waals surface area (Å²) in [6, 6.07) is 0.231. The van der Waals surface area contributed by atoms with Gasteiger partial charge < -0.3 is 16.4 Å². The minimum absolute atomic E-state index is 0.0899. The number of hydrogen-bond acceptors (Lipinski definition) is 7. The molecule has 0 aromatic carbocycles. The van der Waals surface area contributed by atoms with Crippen LogP contribution in [-0.4, -0.2) is 74.3 Å². The molecule has 2 saturated heterocycles. The number of amides is 1. The van der Waals surface area contributed by atoms with Crippen LogP contribution in [0.4, 0.5) is 4.39 Å². The number of halogens is 1. The lowest BCUT2D eigenvalue weighted by molar-refractivity contribution is -0.123. The summed E-state index contributed by atoms with van der Waals surface area (Å²) in [4.78, 5) is 18.1. The van der Waals surface area contributed by atoms with Crippen LogP contribution in [0.25, 0.3) is 0 Å². The molecule has 4 aliphatic rings. The van der Waals surface area contributed by atoms with Crippen molar-refractivity contribution in [3.63, 3.8) is 0 Å². The fourth-order valence-corrected chi connectivity index (χ4v) is 5.68. The number of hydrogen-bond donors (Lipinski definition) is 5. The Kier molecular flexibility index (Phi) is 6.52. The van der Waals surface area contributed by atoms with Gasteiger partial charge in [-0.1, -0.05) is 13.8 Å². The molecule has 4 heterocycles. The van der Waals surface area contributed by atoms with E-state index in [1.807, 2.05) is 7.05 Å². The highest BCUT2D eigenvalue weighted by Crippen LogP contribution is 2.36. The van der Waals surface area contributed by atoms with E-state index in [1.165, 1.54) is 5.57 Å². The molecule has 174 valence electrons. The molecule has 0 aromatic heterocycles. The van der Waals surface area contributed by atoms with Gasteiger partial charge in [-0.2, -0.15) is 0 Å². The molecule has 1 amide bonds. The van der Waals surface area contributed by atoms with Crippen molar-refractivity contribution in [2.45, 2.75) is 64.5 Å². The maximum absolute atomic E-state index is 14.4. The molecule has 4 rings (SSSR count). The molecule has 2 fully saturated rings. The summed E-state index contributed by atoms with van der Waals surface area (Å²) in [5, 5.41) is 12.1. The van der Waals surface area contributed by atoms with Crippen LogP contribution >= 0.6 is 0 Å². The van der Waals surface area contributed by atoms with E-state index in [1.54, 1.807) is 0 Å². The molecule has 31 heavy (non-hydrogen) atoms. The zero-order chi connectivity index (χ0) is 22.3. The maximum atomic E-state index is 14.4. The molecule has 0 spiro atoms. The highest BCUT2D eigenvalue weighted by molar-refractivity contribution is 6.06. The van der Waals surface area contributed by atoms with Crippen LogP contribution in [0, 0.1) is 17.3 Å². The first-order valence-electron chi connectivity index (χ1n) is 11.6. The summed E-state index contributed by atoms with van der Waals surface area (Å²) >= 11 is 0. The van der Waals surface area contributed by atoms with Gasteiger partial charge in [-0.25, -0.2) is 9.40 Å². The van der Waals surface area contributed by atoms with Gasteiger partial charge >= 0.3 is 0 Å². The van der Waals surface area contributed by atoms with Crippen molar-refractivity contribution in [3.8, 4) is 0 Å². The summed E-state index contributed by atoms with van der Waals surface area (Å²) in [5.41, 5.74) is 12.7. The predicted molar refractivity (Wildman–Crippen MR) is 120 cm³/mol. The summed E-state index contributed by atoms with van der Waals surface area (Å²) < 4.78 is 14.4. The number of carbonyl (C=O) groups excluding carboxylic acids is 1. The molecule has 0 aromatic rings. The van der Waals surface area contributed by atoms with Crippen molar-refractivity contribution in [2.75, 3.05) is 33.2 Å². The van der Waals surface area contributed by atoms with Gasteiger partial charge in [0.05, 0.1) is 12.7 Å². The topological polar surface area (TPSA) is 107 Å². The van der Waals surface area contributed by atoms with Crippen molar-refractivity contribution in [3.05, 3.63) is 11.3 Å². The van der Waals surface area contributed by atoms with E-state index in [-0.39, 0.29) is 23.9 Å².